The maximum atomic E-state index is 13.5. The van der Waals surface area contributed by atoms with E-state index in [0.29, 0.717) is 16.0 Å². The van der Waals surface area contributed by atoms with Gasteiger partial charge in [-0.3, -0.25) is 9.36 Å². The van der Waals surface area contributed by atoms with E-state index in [9.17, 15) is 18.0 Å². The van der Waals surface area contributed by atoms with E-state index in [2.05, 4.69) is 10.1 Å². The highest BCUT2D eigenvalue weighted by molar-refractivity contribution is 7.16. The van der Waals surface area contributed by atoms with Gasteiger partial charge in [-0.1, -0.05) is 29.4 Å². The number of aromatic nitrogens is 2. The number of oxime groups is 1. The number of ether oxygens (including phenoxy) is 1. The van der Waals surface area contributed by atoms with Crippen LogP contribution in [-0.4, -0.2) is 26.5 Å². The van der Waals surface area contributed by atoms with Gasteiger partial charge >= 0.3 is 6.18 Å². The van der Waals surface area contributed by atoms with Crippen LogP contribution in [-0.2, 0) is 12.6 Å². The van der Waals surface area contributed by atoms with Crippen molar-refractivity contribution in [2.24, 2.45) is 16.6 Å². The van der Waals surface area contributed by atoms with Gasteiger partial charge in [-0.25, -0.2) is 4.98 Å². The Morgan fingerprint density at radius 2 is 1.97 bits per heavy atom. The van der Waals surface area contributed by atoms with Gasteiger partial charge in [0.25, 0.3) is 5.91 Å². The van der Waals surface area contributed by atoms with Crippen molar-refractivity contribution in [1.29, 1.82) is 0 Å². The summed E-state index contributed by atoms with van der Waals surface area (Å²) in [4.78, 5) is 16.5. The zero-order valence-electron chi connectivity index (χ0n) is 18.3. The minimum atomic E-state index is -4.56. The third kappa shape index (κ3) is 4.92. The number of hydrogen-bond donors (Lipinski definition) is 3. The van der Waals surface area contributed by atoms with E-state index >= 15 is 0 Å². The number of amides is 1. The maximum absolute atomic E-state index is 13.5. The topological polar surface area (TPSA) is 129 Å². The molecule has 0 saturated heterocycles. The van der Waals surface area contributed by atoms with Gasteiger partial charge in [0.15, 0.2) is 0 Å². The maximum Gasteiger partial charge on any atom is 0.416 e. The summed E-state index contributed by atoms with van der Waals surface area (Å²) in [6, 6.07) is 12.0. The smallest absolute Gasteiger partial charge is 0.416 e. The molecule has 0 aliphatic rings. The second kappa shape index (κ2) is 9.29. The average Bonchev–Trinajstić information content (AvgIpc) is 3.42. The third-order valence-corrected chi connectivity index (χ3v) is 6.41. The lowest BCUT2D eigenvalue weighted by molar-refractivity contribution is -0.138. The van der Waals surface area contributed by atoms with Crippen LogP contribution in [0.2, 0.25) is 0 Å². The number of imidazole rings is 1. The van der Waals surface area contributed by atoms with E-state index < -0.39 is 23.8 Å². The summed E-state index contributed by atoms with van der Waals surface area (Å²) in [5, 5.41) is 12.3. The first-order valence-corrected chi connectivity index (χ1v) is 11.1. The van der Waals surface area contributed by atoms with Crippen LogP contribution in [0.1, 0.15) is 39.4 Å². The second-order valence-electron chi connectivity index (χ2n) is 7.69. The summed E-state index contributed by atoms with van der Waals surface area (Å²) in [6.07, 6.45) is -3.82. The van der Waals surface area contributed by atoms with E-state index in [-0.39, 0.29) is 28.4 Å². The van der Waals surface area contributed by atoms with Crippen molar-refractivity contribution < 1.29 is 27.9 Å². The van der Waals surface area contributed by atoms with Crippen molar-refractivity contribution in [3.63, 3.8) is 0 Å². The number of thiophene rings is 1. The standard InChI is InChI=1S/C23H20F3N5O3S/c1-12(14-4-2-3-5-15(14)23(24,25)26)34-18-10-20(35-21(18)22(28)32)31-11-29-16-7-6-13(8-17(16)31)9-19(27)30-33/h2-8,10-12,33H,9H2,1H3,(H2,27,30)(H2,28,32). The molecular formula is C23H20F3N5O3S. The zero-order valence-corrected chi connectivity index (χ0v) is 19.1. The van der Waals surface area contributed by atoms with Crippen molar-refractivity contribution >= 4 is 34.1 Å². The summed E-state index contributed by atoms with van der Waals surface area (Å²) in [5.41, 5.74) is 12.3. The predicted octanol–water partition coefficient (Wildman–Crippen LogP) is 4.63. The van der Waals surface area contributed by atoms with Gasteiger partial charge in [0.1, 0.15) is 33.9 Å². The summed E-state index contributed by atoms with van der Waals surface area (Å²) < 4.78 is 47.9. The lowest BCUT2D eigenvalue weighted by Gasteiger charge is -2.19. The van der Waals surface area contributed by atoms with E-state index in [1.807, 2.05) is 0 Å². The number of nitrogens with two attached hydrogens (primary N) is 2. The molecule has 0 aliphatic heterocycles. The van der Waals surface area contributed by atoms with Gasteiger partial charge in [-0.15, -0.1) is 11.3 Å². The molecule has 5 N–H and O–H groups in total. The first kappa shape index (κ1) is 24.1. The number of nitrogens with zero attached hydrogens (tertiary/aromatic N) is 3. The molecule has 0 aliphatic carbocycles. The Morgan fingerprint density at radius 1 is 1.23 bits per heavy atom. The fraction of sp³-hybridized carbons (Fsp3) is 0.174. The molecule has 8 nitrogen and oxygen atoms in total. The van der Waals surface area contributed by atoms with E-state index in [1.54, 1.807) is 29.1 Å². The largest absolute Gasteiger partial charge is 0.484 e. The Bertz CT molecular complexity index is 1430. The first-order chi connectivity index (χ1) is 16.6. The molecule has 0 fully saturated rings. The number of benzene rings is 2. The normalized spacial score (nSPS) is 13.2. The Balaban J connectivity index is 1.72. The van der Waals surface area contributed by atoms with Crippen LogP contribution in [0, 0.1) is 0 Å². The number of primary amides is 1. The van der Waals surface area contributed by atoms with Crippen LogP contribution < -0.4 is 16.2 Å². The fourth-order valence-electron chi connectivity index (χ4n) is 3.69. The van der Waals surface area contributed by atoms with Crippen LogP contribution in [0.5, 0.6) is 5.75 Å². The van der Waals surface area contributed by atoms with Crippen molar-refractivity contribution in [3.8, 4) is 10.8 Å². The highest BCUT2D eigenvalue weighted by atomic mass is 32.1. The Morgan fingerprint density at radius 3 is 2.66 bits per heavy atom. The van der Waals surface area contributed by atoms with E-state index in [1.165, 1.54) is 31.2 Å². The minimum absolute atomic E-state index is 0.0337. The van der Waals surface area contributed by atoms with Gasteiger partial charge in [0, 0.05) is 18.1 Å². The lowest BCUT2D eigenvalue weighted by Crippen LogP contribution is -2.15. The number of hydrogen-bond acceptors (Lipinski definition) is 6. The van der Waals surface area contributed by atoms with Crippen molar-refractivity contribution in [1.82, 2.24) is 9.55 Å². The fourth-order valence-corrected chi connectivity index (χ4v) is 4.61. The number of rotatable bonds is 7. The molecule has 2 heterocycles. The molecule has 4 aromatic rings. The van der Waals surface area contributed by atoms with Crippen LogP contribution in [0.15, 0.2) is 60.0 Å². The first-order valence-electron chi connectivity index (χ1n) is 10.3. The van der Waals surface area contributed by atoms with Crippen LogP contribution in [0.4, 0.5) is 13.2 Å². The molecule has 0 spiro atoms. The summed E-state index contributed by atoms with van der Waals surface area (Å²) >= 11 is 1.02. The Kier molecular flexibility index (Phi) is 6.39. The third-order valence-electron chi connectivity index (χ3n) is 5.28. The number of carbonyl (C=O) groups excluding carboxylic acids is 1. The van der Waals surface area contributed by atoms with E-state index in [4.69, 9.17) is 21.4 Å². The molecule has 12 heteroatoms. The summed E-state index contributed by atoms with van der Waals surface area (Å²) in [5.74, 6) is -0.674. The van der Waals surface area contributed by atoms with Crippen molar-refractivity contribution in [2.45, 2.75) is 25.6 Å². The van der Waals surface area contributed by atoms with Crippen LogP contribution in [0.25, 0.3) is 16.0 Å². The quantitative estimate of drug-likeness (QED) is 0.147. The van der Waals surface area contributed by atoms with Crippen molar-refractivity contribution in [3.05, 3.63) is 76.4 Å². The molecule has 1 atom stereocenters. The monoisotopic (exact) mass is 503 g/mol. The second-order valence-corrected chi connectivity index (χ2v) is 8.72. The van der Waals surface area contributed by atoms with Gasteiger partial charge in [0.2, 0.25) is 0 Å². The van der Waals surface area contributed by atoms with Crippen LogP contribution >= 0.6 is 11.3 Å². The number of alkyl halides is 3. The molecule has 4 rings (SSSR count). The SMILES string of the molecule is CC(Oc1cc(-n2cnc3ccc(CC(N)=NO)cc32)sc1C(N)=O)c1ccccc1C(F)(F)F. The number of carbonyl (C=O) groups is 1. The zero-order chi connectivity index (χ0) is 25.3. The summed E-state index contributed by atoms with van der Waals surface area (Å²) in [7, 11) is 0. The number of fused-ring (bicyclic) bond motifs is 1. The average molecular weight is 504 g/mol. The van der Waals surface area contributed by atoms with Gasteiger partial charge < -0.3 is 21.4 Å². The molecule has 1 amide bonds. The summed E-state index contributed by atoms with van der Waals surface area (Å²) in [6.45, 7) is 1.47. The van der Waals surface area contributed by atoms with Gasteiger partial charge in [-0.05, 0) is 30.7 Å². The highest BCUT2D eigenvalue weighted by Gasteiger charge is 2.35. The minimum Gasteiger partial charge on any atom is -0.484 e. The lowest BCUT2D eigenvalue weighted by atomic mass is 10.0. The van der Waals surface area contributed by atoms with Crippen LogP contribution in [0.3, 0.4) is 0 Å². The molecular weight excluding hydrogens is 483 g/mol. The molecule has 0 radical (unpaired) electrons. The predicted molar refractivity (Wildman–Crippen MR) is 125 cm³/mol. The van der Waals surface area contributed by atoms with Crippen molar-refractivity contribution in [2.75, 3.05) is 0 Å². The molecule has 0 bridgehead atoms. The van der Waals surface area contributed by atoms with Gasteiger partial charge in [-0.2, -0.15) is 13.2 Å². The molecule has 2 aromatic carbocycles. The Hall–Kier alpha value is -4.06. The molecule has 1 unspecified atom stereocenters. The Labute approximate surface area is 201 Å². The highest BCUT2D eigenvalue weighted by Crippen LogP contribution is 2.39. The molecule has 182 valence electrons. The molecule has 35 heavy (non-hydrogen) atoms. The van der Waals surface area contributed by atoms with Gasteiger partial charge in [0.05, 0.1) is 16.6 Å². The molecule has 0 saturated carbocycles. The number of halogens is 3. The van der Waals surface area contributed by atoms with E-state index in [0.717, 1.165) is 23.0 Å². The molecule has 2 aromatic heterocycles. The number of amidine groups is 1.